The van der Waals surface area contributed by atoms with Crippen LogP contribution in [0.3, 0.4) is 0 Å². The summed E-state index contributed by atoms with van der Waals surface area (Å²) in [6.07, 6.45) is 1.45. The Morgan fingerprint density at radius 3 is 2.27 bits per heavy atom. The van der Waals surface area contributed by atoms with Crippen molar-refractivity contribution < 1.29 is 19.1 Å². The molecule has 1 heterocycles. The molecule has 2 fully saturated rings. The van der Waals surface area contributed by atoms with E-state index in [0.29, 0.717) is 29.1 Å². The zero-order valence-electron chi connectivity index (χ0n) is 17.7. The summed E-state index contributed by atoms with van der Waals surface area (Å²) in [4.78, 5) is 40.2. The maximum atomic E-state index is 13.3. The van der Waals surface area contributed by atoms with E-state index in [4.69, 9.17) is 4.74 Å². The predicted octanol–water partition coefficient (Wildman–Crippen LogP) is 4.26. The van der Waals surface area contributed by atoms with Gasteiger partial charge in [0, 0.05) is 17.2 Å². The first-order chi connectivity index (χ1) is 14.2. The van der Waals surface area contributed by atoms with Crippen molar-refractivity contribution in [2.24, 2.45) is 16.7 Å². The van der Waals surface area contributed by atoms with Gasteiger partial charge in [0.1, 0.15) is 5.75 Å². The van der Waals surface area contributed by atoms with Crippen LogP contribution in [0.15, 0.2) is 48.5 Å². The zero-order valence-corrected chi connectivity index (χ0v) is 17.7. The molecule has 3 amide bonds. The van der Waals surface area contributed by atoms with Crippen molar-refractivity contribution in [3.8, 4) is 5.75 Å². The lowest BCUT2D eigenvalue weighted by atomic mass is 9.62. The number of hydrogen-bond donors (Lipinski definition) is 1. The van der Waals surface area contributed by atoms with E-state index in [0.717, 1.165) is 6.42 Å². The lowest BCUT2D eigenvalue weighted by Crippen LogP contribution is -2.59. The molecule has 1 saturated heterocycles. The number of carbonyl (C=O) groups is 3. The molecule has 2 bridgehead atoms. The molecule has 2 atom stereocenters. The second kappa shape index (κ2) is 6.97. The van der Waals surface area contributed by atoms with E-state index in [1.165, 1.54) is 4.90 Å². The van der Waals surface area contributed by atoms with Crippen LogP contribution in [0.5, 0.6) is 5.75 Å². The second-order valence-corrected chi connectivity index (χ2v) is 8.85. The van der Waals surface area contributed by atoms with E-state index in [2.05, 4.69) is 5.32 Å². The lowest BCUT2D eigenvalue weighted by molar-refractivity contribution is -0.146. The van der Waals surface area contributed by atoms with Gasteiger partial charge >= 0.3 is 0 Å². The molecular weight excluding hydrogens is 380 g/mol. The fourth-order valence-electron chi connectivity index (χ4n) is 4.70. The van der Waals surface area contributed by atoms with Crippen molar-refractivity contribution in [3.05, 3.63) is 54.1 Å². The predicted molar refractivity (Wildman–Crippen MR) is 114 cm³/mol. The molecule has 1 aliphatic heterocycles. The van der Waals surface area contributed by atoms with E-state index in [9.17, 15) is 14.4 Å². The van der Waals surface area contributed by atoms with E-state index in [1.807, 2.05) is 20.8 Å². The van der Waals surface area contributed by atoms with Gasteiger partial charge in [-0.05, 0) is 66.8 Å². The summed E-state index contributed by atoms with van der Waals surface area (Å²) in [7, 11) is 1.58. The zero-order chi connectivity index (χ0) is 21.7. The molecule has 4 rings (SSSR count). The number of carbonyl (C=O) groups excluding carboxylic acids is 3. The smallest absolute Gasteiger partial charge is 0.255 e. The number of imide groups is 1. The van der Waals surface area contributed by atoms with Gasteiger partial charge in [0.25, 0.3) is 5.91 Å². The van der Waals surface area contributed by atoms with Crippen molar-refractivity contribution in [1.82, 2.24) is 0 Å². The largest absolute Gasteiger partial charge is 0.497 e. The van der Waals surface area contributed by atoms with Crippen LogP contribution in [0, 0.1) is 16.7 Å². The molecule has 2 aromatic rings. The number of nitrogens with one attached hydrogen (secondary N) is 1. The van der Waals surface area contributed by atoms with Crippen LogP contribution in [-0.4, -0.2) is 24.8 Å². The molecule has 6 nitrogen and oxygen atoms in total. The van der Waals surface area contributed by atoms with E-state index in [-0.39, 0.29) is 29.1 Å². The fraction of sp³-hybridized carbons (Fsp3) is 0.375. The van der Waals surface area contributed by atoms with Crippen molar-refractivity contribution in [3.63, 3.8) is 0 Å². The first kappa shape index (κ1) is 20.1. The number of methoxy groups -OCH3 is 1. The number of nitrogens with zero attached hydrogens (tertiary/aromatic N) is 1. The third kappa shape index (κ3) is 2.90. The minimum Gasteiger partial charge on any atom is -0.497 e. The molecule has 30 heavy (non-hydrogen) atoms. The Balaban J connectivity index is 1.54. The number of fused-ring (bicyclic) bond motifs is 2. The number of anilines is 2. The van der Waals surface area contributed by atoms with Gasteiger partial charge in [-0.2, -0.15) is 0 Å². The highest BCUT2D eigenvalue weighted by atomic mass is 16.5. The Hall–Kier alpha value is -3.15. The van der Waals surface area contributed by atoms with Gasteiger partial charge in [0.15, 0.2) is 0 Å². The topological polar surface area (TPSA) is 75.7 Å². The van der Waals surface area contributed by atoms with E-state index < -0.39 is 5.41 Å². The van der Waals surface area contributed by atoms with Gasteiger partial charge in [-0.3, -0.25) is 14.4 Å². The standard InChI is InChI=1S/C24H26N2O4/c1-23(2)19-13-14-24(23,3)22(29)26(21(19)28)17-9-5-15(6-10-17)20(27)25-16-7-11-18(30-4)12-8-16/h5-12,19H,13-14H2,1-4H3,(H,25,27)/t19-,24+/m0/s1. The van der Waals surface area contributed by atoms with Crippen molar-refractivity contribution in [2.75, 3.05) is 17.3 Å². The van der Waals surface area contributed by atoms with Gasteiger partial charge in [-0.25, -0.2) is 4.90 Å². The second-order valence-electron chi connectivity index (χ2n) is 8.85. The Morgan fingerprint density at radius 1 is 1.03 bits per heavy atom. The van der Waals surface area contributed by atoms with Crippen LogP contribution in [0.4, 0.5) is 11.4 Å². The molecule has 0 radical (unpaired) electrons. The molecular formula is C24H26N2O4. The highest BCUT2D eigenvalue weighted by Crippen LogP contribution is 2.60. The minimum atomic E-state index is -0.560. The van der Waals surface area contributed by atoms with E-state index in [1.54, 1.807) is 55.6 Å². The Kier molecular flexibility index (Phi) is 4.68. The molecule has 0 spiro atoms. The van der Waals surface area contributed by atoms with Crippen LogP contribution in [0.25, 0.3) is 0 Å². The summed E-state index contributed by atoms with van der Waals surface area (Å²) in [6, 6.07) is 13.7. The SMILES string of the molecule is COc1ccc(NC(=O)c2ccc(N3C(=O)[C@@H]4CC[C@](C)(C3=O)C4(C)C)cc2)cc1. The van der Waals surface area contributed by atoms with Gasteiger partial charge in [0.2, 0.25) is 11.8 Å². The molecule has 0 aromatic heterocycles. The third-order valence-corrected chi connectivity index (χ3v) is 7.16. The van der Waals surface area contributed by atoms with Gasteiger partial charge in [-0.15, -0.1) is 0 Å². The number of piperidine rings is 1. The highest BCUT2D eigenvalue weighted by molar-refractivity contribution is 6.20. The summed E-state index contributed by atoms with van der Waals surface area (Å²) in [5.74, 6) is -0.0226. The summed E-state index contributed by atoms with van der Waals surface area (Å²) in [5.41, 5.74) is 0.699. The van der Waals surface area contributed by atoms with Crippen molar-refractivity contribution in [1.29, 1.82) is 0 Å². The number of ether oxygens (including phenoxy) is 1. The average molecular weight is 406 g/mol. The quantitative estimate of drug-likeness (QED) is 0.770. The van der Waals surface area contributed by atoms with Gasteiger partial charge in [0.05, 0.1) is 18.2 Å². The summed E-state index contributed by atoms with van der Waals surface area (Å²) < 4.78 is 5.11. The maximum absolute atomic E-state index is 13.3. The molecule has 2 aromatic carbocycles. The normalized spacial score (nSPS) is 24.7. The van der Waals surface area contributed by atoms with Gasteiger partial charge < -0.3 is 10.1 Å². The Labute approximate surface area is 176 Å². The van der Waals surface area contributed by atoms with Crippen LogP contribution in [0.1, 0.15) is 44.0 Å². The Bertz CT molecular complexity index is 1010. The molecule has 1 aliphatic carbocycles. The van der Waals surface area contributed by atoms with Crippen molar-refractivity contribution in [2.45, 2.75) is 33.6 Å². The Morgan fingerprint density at radius 2 is 1.67 bits per heavy atom. The third-order valence-electron chi connectivity index (χ3n) is 7.16. The van der Waals surface area contributed by atoms with Crippen LogP contribution in [0.2, 0.25) is 0 Å². The summed E-state index contributed by atoms with van der Waals surface area (Å²) in [5, 5.41) is 2.83. The monoisotopic (exact) mass is 406 g/mol. The fourth-order valence-corrected chi connectivity index (χ4v) is 4.70. The first-order valence-corrected chi connectivity index (χ1v) is 10.1. The van der Waals surface area contributed by atoms with Crippen molar-refractivity contribution >= 4 is 29.1 Å². The first-order valence-electron chi connectivity index (χ1n) is 10.1. The summed E-state index contributed by atoms with van der Waals surface area (Å²) >= 11 is 0. The summed E-state index contributed by atoms with van der Waals surface area (Å²) in [6.45, 7) is 6.00. The number of amides is 3. The molecule has 1 N–H and O–H groups in total. The number of rotatable bonds is 4. The maximum Gasteiger partial charge on any atom is 0.255 e. The average Bonchev–Trinajstić information content (AvgIpc) is 2.92. The molecule has 2 aliphatic rings. The molecule has 6 heteroatoms. The minimum absolute atomic E-state index is 0.143. The van der Waals surface area contributed by atoms with E-state index >= 15 is 0 Å². The molecule has 1 saturated carbocycles. The van der Waals surface area contributed by atoms with Crippen LogP contribution in [-0.2, 0) is 9.59 Å². The van der Waals surface area contributed by atoms with Gasteiger partial charge in [-0.1, -0.05) is 20.8 Å². The van der Waals surface area contributed by atoms with Crippen LogP contribution < -0.4 is 15.0 Å². The van der Waals surface area contributed by atoms with Crippen LogP contribution >= 0.6 is 0 Å². The number of benzene rings is 2. The lowest BCUT2D eigenvalue weighted by Gasteiger charge is -2.47. The molecule has 156 valence electrons. The molecule has 0 unspecified atom stereocenters. The number of hydrogen-bond acceptors (Lipinski definition) is 4. The highest BCUT2D eigenvalue weighted by Gasteiger charge is 2.64.